The number of nitrogens with one attached hydrogen (secondary N) is 1. The monoisotopic (exact) mass is 326 g/mol. The summed E-state index contributed by atoms with van der Waals surface area (Å²) >= 11 is 0. The van der Waals surface area contributed by atoms with Gasteiger partial charge in [-0.2, -0.15) is 0 Å². The minimum absolute atomic E-state index is 0.161. The molecule has 0 fully saturated rings. The molecule has 2 aromatic rings. The molecule has 0 saturated heterocycles. The minimum atomic E-state index is -0.161. The first kappa shape index (κ1) is 16.2. The number of amides is 2. The second-order valence-corrected chi connectivity index (χ2v) is 5.81. The van der Waals surface area contributed by atoms with Crippen molar-refractivity contribution >= 4 is 11.7 Å². The molecule has 1 N–H and O–H groups in total. The Morgan fingerprint density at radius 1 is 1.04 bits per heavy atom. The van der Waals surface area contributed by atoms with Crippen LogP contribution < -0.4 is 14.8 Å². The average molecular weight is 326 g/mol. The normalized spacial score (nSPS) is 12.6. The Morgan fingerprint density at radius 2 is 1.71 bits per heavy atom. The number of urea groups is 1. The van der Waals surface area contributed by atoms with Crippen molar-refractivity contribution in [2.45, 2.75) is 19.9 Å². The van der Waals surface area contributed by atoms with Crippen LogP contribution in [0.1, 0.15) is 18.1 Å². The van der Waals surface area contributed by atoms with Gasteiger partial charge in [0.15, 0.2) is 11.5 Å². The van der Waals surface area contributed by atoms with Crippen LogP contribution >= 0.6 is 0 Å². The van der Waals surface area contributed by atoms with Crippen molar-refractivity contribution in [3.63, 3.8) is 0 Å². The molecule has 0 bridgehead atoms. The molecule has 0 unspecified atom stereocenters. The smallest absolute Gasteiger partial charge is 0.321 e. The van der Waals surface area contributed by atoms with E-state index in [2.05, 4.69) is 36.5 Å². The Morgan fingerprint density at radius 3 is 2.42 bits per heavy atom. The van der Waals surface area contributed by atoms with Crippen molar-refractivity contribution in [1.29, 1.82) is 0 Å². The quantitative estimate of drug-likeness (QED) is 0.932. The number of fused-ring (bicyclic) bond motifs is 1. The third kappa shape index (κ3) is 3.79. The van der Waals surface area contributed by atoms with Gasteiger partial charge >= 0.3 is 6.03 Å². The molecule has 0 spiro atoms. The number of ether oxygens (including phenoxy) is 2. The summed E-state index contributed by atoms with van der Waals surface area (Å²) in [6, 6.07) is 13.6. The van der Waals surface area contributed by atoms with E-state index in [9.17, 15) is 4.79 Å². The van der Waals surface area contributed by atoms with Gasteiger partial charge in [0.1, 0.15) is 13.2 Å². The first-order valence-corrected chi connectivity index (χ1v) is 8.15. The zero-order chi connectivity index (χ0) is 16.9. The van der Waals surface area contributed by atoms with Gasteiger partial charge in [0.25, 0.3) is 0 Å². The van der Waals surface area contributed by atoms with Gasteiger partial charge in [0.05, 0.1) is 0 Å². The van der Waals surface area contributed by atoms with Crippen LogP contribution in [0.4, 0.5) is 10.5 Å². The van der Waals surface area contributed by atoms with Crippen LogP contribution in [0, 0.1) is 0 Å². The topological polar surface area (TPSA) is 50.8 Å². The van der Waals surface area contributed by atoms with Crippen molar-refractivity contribution in [3.05, 3.63) is 53.6 Å². The largest absolute Gasteiger partial charge is 0.486 e. The van der Waals surface area contributed by atoms with Crippen LogP contribution in [-0.4, -0.2) is 31.2 Å². The number of rotatable bonds is 4. The molecule has 5 heteroatoms. The molecule has 2 amide bonds. The minimum Gasteiger partial charge on any atom is -0.486 e. The lowest BCUT2D eigenvalue weighted by Gasteiger charge is -2.21. The van der Waals surface area contributed by atoms with Crippen molar-refractivity contribution in [1.82, 2.24) is 4.90 Å². The first-order chi connectivity index (χ1) is 11.7. The zero-order valence-electron chi connectivity index (χ0n) is 14.0. The zero-order valence-corrected chi connectivity index (χ0v) is 14.0. The lowest BCUT2D eigenvalue weighted by atomic mass is 10.1. The third-order valence-corrected chi connectivity index (χ3v) is 3.99. The highest BCUT2D eigenvalue weighted by molar-refractivity contribution is 5.89. The molecule has 1 aliphatic rings. The maximum atomic E-state index is 12.4. The van der Waals surface area contributed by atoms with Gasteiger partial charge in [-0.05, 0) is 29.7 Å². The standard InChI is InChI=1S/C19H22N2O3/c1-3-14-4-6-15(7-5-14)13-21(2)19(22)20-16-8-9-17-18(12-16)24-11-10-23-17/h4-9,12H,3,10-11,13H2,1-2H3,(H,20,22). The fourth-order valence-corrected chi connectivity index (χ4v) is 2.57. The summed E-state index contributed by atoms with van der Waals surface area (Å²) in [5.74, 6) is 1.38. The maximum absolute atomic E-state index is 12.4. The fourth-order valence-electron chi connectivity index (χ4n) is 2.57. The highest BCUT2D eigenvalue weighted by atomic mass is 16.6. The molecule has 1 aliphatic heterocycles. The van der Waals surface area contributed by atoms with Crippen molar-refractivity contribution in [2.75, 3.05) is 25.6 Å². The fraction of sp³-hybridized carbons (Fsp3) is 0.316. The van der Waals surface area contributed by atoms with Crippen molar-refractivity contribution in [3.8, 4) is 11.5 Å². The molecular formula is C19H22N2O3. The SMILES string of the molecule is CCc1ccc(CN(C)C(=O)Nc2ccc3c(c2)OCCO3)cc1. The summed E-state index contributed by atoms with van der Waals surface area (Å²) in [5.41, 5.74) is 3.09. The summed E-state index contributed by atoms with van der Waals surface area (Å²) < 4.78 is 11.0. The number of benzene rings is 2. The Labute approximate surface area is 142 Å². The van der Waals surface area contributed by atoms with Gasteiger partial charge in [0, 0.05) is 25.3 Å². The number of aryl methyl sites for hydroxylation is 1. The van der Waals surface area contributed by atoms with E-state index in [1.54, 1.807) is 18.0 Å². The first-order valence-electron chi connectivity index (χ1n) is 8.15. The van der Waals surface area contributed by atoms with Crippen LogP contribution in [0.3, 0.4) is 0 Å². The van der Waals surface area contributed by atoms with Gasteiger partial charge in [-0.25, -0.2) is 4.79 Å². The highest BCUT2D eigenvalue weighted by Gasteiger charge is 2.14. The maximum Gasteiger partial charge on any atom is 0.321 e. The van der Waals surface area contributed by atoms with Crippen LogP contribution in [0.5, 0.6) is 11.5 Å². The molecule has 0 radical (unpaired) electrons. The Bertz CT molecular complexity index is 713. The molecule has 24 heavy (non-hydrogen) atoms. The van der Waals surface area contributed by atoms with Gasteiger partial charge in [-0.1, -0.05) is 31.2 Å². The van der Waals surface area contributed by atoms with E-state index in [0.717, 1.165) is 12.0 Å². The molecule has 0 aromatic heterocycles. The number of nitrogens with zero attached hydrogens (tertiary/aromatic N) is 1. The molecule has 5 nitrogen and oxygen atoms in total. The highest BCUT2D eigenvalue weighted by Crippen LogP contribution is 2.32. The molecule has 0 aliphatic carbocycles. The molecule has 0 saturated carbocycles. The summed E-state index contributed by atoms with van der Waals surface area (Å²) in [6.45, 7) is 3.76. The predicted octanol–water partition coefficient (Wildman–Crippen LogP) is 3.68. The number of hydrogen-bond donors (Lipinski definition) is 1. The van der Waals surface area contributed by atoms with Gasteiger partial charge < -0.3 is 19.7 Å². The molecule has 126 valence electrons. The van der Waals surface area contributed by atoms with Gasteiger partial charge in [0.2, 0.25) is 0 Å². The van der Waals surface area contributed by atoms with E-state index in [4.69, 9.17) is 9.47 Å². The Hall–Kier alpha value is -2.69. The second-order valence-electron chi connectivity index (χ2n) is 5.81. The number of carbonyl (C=O) groups is 1. The van der Waals surface area contributed by atoms with Gasteiger partial charge in [-0.3, -0.25) is 0 Å². The van der Waals surface area contributed by atoms with Gasteiger partial charge in [-0.15, -0.1) is 0 Å². The Balaban J connectivity index is 1.61. The van der Waals surface area contributed by atoms with E-state index in [1.165, 1.54) is 5.56 Å². The van der Waals surface area contributed by atoms with Crippen LogP contribution in [0.25, 0.3) is 0 Å². The lowest BCUT2D eigenvalue weighted by Crippen LogP contribution is -2.30. The molecule has 0 atom stereocenters. The predicted molar refractivity (Wildman–Crippen MR) is 93.7 cm³/mol. The van der Waals surface area contributed by atoms with Crippen LogP contribution in [0.2, 0.25) is 0 Å². The lowest BCUT2D eigenvalue weighted by molar-refractivity contribution is 0.171. The van der Waals surface area contributed by atoms with E-state index >= 15 is 0 Å². The molecule has 3 rings (SSSR count). The number of hydrogen-bond acceptors (Lipinski definition) is 3. The summed E-state index contributed by atoms with van der Waals surface area (Å²) in [4.78, 5) is 14.0. The average Bonchev–Trinajstić information content (AvgIpc) is 2.62. The van der Waals surface area contributed by atoms with E-state index < -0.39 is 0 Å². The molecular weight excluding hydrogens is 304 g/mol. The van der Waals surface area contributed by atoms with Crippen molar-refractivity contribution in [2.24, 2.45) is 0 Å². The van der Waals surface area contributed by atoms with Crippen LogP contribution in [-0.2, 0) is 13.0 Å². The number of carbonyl (C=O) groups excluding carboxylic acids is 1. The number of anilines is 1. The van der Waals surface area contributed by atoms with E-state index in [0.29, 0.717) is 36.9 Å². The second kappa shape index (κ2) is 7.25. The summed E-state index contributed by atoms with van der Waals surface area (Å²) in [6.07, 6.45) is 1.01. The Kier molecular flexibility index (Phi) is 4.89. The van der Waals surface area contributed by atoms with E-state index in [-0.39, 0.29) is 6.03 Å². The molecule has 2 aromatic carbocycles. The molecule has 1 heterocycles. The van der Waals surface area contributed by atoms with Crippen LogP contribution in [0.15, 0.2) is 42.5 Å². The third-order valence-electron chi connectivity index (χ3n) is 3.99. The van der Waals surface area contributed by atoms with Crippen molar-refractivity contribution < 1.29 is 14.3 Å². The summed E-state index contributed by atoms with van der Waals surface area (Å²) in [7, 11) is 1.78. The van der Waals surface area contributed by atoms with E-state index in [1.807, 2.05) is 12.1 Å². The summed E-state index contributed by atoms with van der Waals surface area (Å²) in [5, 5.41) is 2.89.